The lowest BCUT2D eigenvalue weighted by Gasteiger charge is -2.06. The van der Waals surface area contributed by atoms with Gasteiger partial charge in [0.05, 0.1) is 5.56 Å². The quantitative estimate of drug-likeness (QED) is 0.448. The molecule has 2 rings (SSSR count). The van der Waals surface area contributed by atoms with E-state index in [2.05, 4.69) is 5.32 Å². The molecule has 0 aliphatic carbocycles. The van der Waals surface area contributed by atoms with Gasteiger partial charge in [-0.2, -0.15) is 0 Å². The van der Waals surface area contributed by atoms with Crippen LogP contribution in [0.1, 0.15) is 39.6 Å². The standard InChI is InChI=1S/C20H20FNO4/c1-14(23)22-12-2-3-15-4-6-16(7-5-15)19(24)13-26-20(25)17-8-10-18(21)11-9-17/h4-11H,2-3,12-13H2,1H3,(H,22,23). The fourth-order valence-corrected chi connectivity index (χ4v) is 2.30. The molecule has 136 valence electrons. The minimum Gasteiger partial charge on any atom is -0.454 e. The highest BCUT2D eigenvalue weighted by molar-refractivity contribution is 5.99. The van der Waals surface area contributed by atoms with Gasteiger partial charge >= 0.3 is 5.97 Å². The van der Waals surface area contributed by atoms with Crippen molar-refractivity contribution >= 4 is 17.7 Å². The highest BCUT2D eigenvalue weighted by atomic mass is 19.1. The van der Waals surface area contributed by atoms with Crippen LogP contribution in [0, 0.1) is 5.82 Å². The largest absolute Gasteiger partial charge is 0.454 e. The molecule has 2 aromatic carbocycles. The van der Waals surface area contributed by atoms with Gasteiger partial charge in [0.2, 0.25) is 5.91 Å². The average molecular weight is 357 g/mol. The number of esters is 1. The Morgan fingerprint density at radius 3 is 2.19 bits per heavy atom. The maximum Gasteiger partial charge on any atom is 0.338 e. The van der Waals surface area contributed by atoms with E-state index >= 15 is 0 Å². The Hall–Kier alpha value is -3.02. The van der Waals surface area contributed by atoms with Gasteiger partial charge in [0, 0.05) is 19.0 Å². The van der Waals surface area contributed by atoms with Gasteiger partial charge in [-0.15, -0.1) is 0 Å². The van der Waals surface area contributed by atoms with Crippen molar-refractivity contribution < 1.29 is 23.5 Å². The van der Waals surface area contributed by atoms with Crippen molar-refractivity contribution in [2.75, 3.05) is 13.2 Å². The summed E-state index contributed by atoms with van der Waals surface area (Å²) >= 11 is 0. The van der Waals surface area contributed by atoms with Crippen molar-refractivity contribution in [1.82, 2.24) is 5.32 Å². The summed E-state index contributed by atoms with van der Waals surface area (Å²) in [6, 6.07) is 12.0. The van der Waals surface area contributed by atoms with Crippen LogP contribution in [0.4, 0.5) is 4.39 Å². The number of hydrogen-bond donors (Lipinski definition) is 1. The number of carbonyl (C=O) groups excluding carboxylic acids is 3. The zero-order valence-corrected chi connectivity index (χ0v) is 14.5. The molecular weight excluding hydrogens is 337 g/mol. The molecule has 26 heavy (non-hydrogen) atoms. The summed E-state index contributed by atoms with van der Waals surface area (Å²) < 4.78 is 17.8. The molecule has 0 aromatic heterocycles. The number of halogens is 1. The lowest BCUT2D eigenvalue weighted by molar-refractivity contribution is -0.118. The van der Waals surface area contributed by atoms with Crippen LogP contribution < -0.4 is 5.32 Å². The predicted molar refractivity (Wildman–Crippen MR) is 94.5 cm³/mol. The Morgan fingerprint density at radius 2 is 1.58 bits per heavy atom. The van der Waals surface area contributed by atoms with E-state index in [1.54, 1.807) is 12.1 Å². The number of hydrogen-bond acceptors (Lipinski definition) is 4. The molecule has 0 heterocycles. The minimum atomic E-state index is -0.673. The first-order chi connectivity index (χ1) is 12.5. The number of benzene rings is 2. The van der Waals surface area contributed by atoms with Gasteiger partial charge in [0.1, 0.15) is 5.82 Å². The highest BCUT2D eigenvalue weighted by Gasteiger charge is 2.12. The molecule has 0 saturated heterocycles. The minimum absolute atomic E-state index is 0.0545. The summed E-state index contributed by atoms with van der Waals surface area (Å²) in [6.07, 6.45) is 1.59. The third-order valence-electron chi connectivity index (χ3n) is 3.71. The molecule has 0 bridgehead atoms. The molecule has 0 saturated carbocycles. The molecule has 0 aliphatic heterocycles. The number of ether oxygens (including phenoxy) is 1. The van der Waals surface area contributed by atoms with Gasteiger partial charge in [-0.1, -0.05) is 24.3 Å². The van der Waals surface area contributed by atoms with E-state index in [-0.39, 0.29) is 23.9 Å². The first-order valence-electron chi connectivity index (χ1n) is 8.25. The van der Waals surface area contributed by atoms with Crippen molar-refractivity contribution in [3.05, 3.63) is 71.0 Å². The van der Waals surface area contributed by atoms with E-state index in [4.69, 9.17) is 4.74 Å². The van der Waals surface area contributed by atoms with Crippen LogP contribution in [0.5, 0.6) is 0 Å². The van der Waals surface area contributed by atoms with E-state index in [1.165, 1.54) is 19.1 Å². The van der Waals surface area contributed by atoms with E-state index in [1.807, 2.05) is 12.1 Å². The second-order valence-electron chi connectivity index (χ2n) is 5.79. The van der Waals surface area contributed by atoms with Gasteiger partial charge in [0.15, 0.2) is 12.4 Å². The Morgan fingerprint density at radius 1 is 0.962 bits per heavy atom. The lowest BCUT2D eigenvalue weighted by atomic mass is 10.1. The first-order valence-corrected chi connectivity index (χ1v) is 8.25. The third kappa shape index (κ3) is 6.12. The van der Waals surface area contributed by atoms with Crippen LogP contribution in [0.2, 0.25) is 0 Å². The molecular formula is C20H20FNO4. The summed E-state index contributed by atoms with van der Waals surface area (Å²) in [6.45, 7) is 1.71. The van der Waals surface area contributed by atoms with Gasteiger partial charge < -0.3 is 10.1 Å². The molecule has 0 spiro atoms. The van der Waals surface area contributed by atoms with Crippen LogP contribution in [-0.2, 0) is 16.0 Å². The number of nitrogens with one attached hydrogen (secondary N) is 1. The molecule has 0 aliphatic rings. The SMILES string of the molecule is CC(=O)NCCCc1ccc(C(=O)COC(=O)c2ccc(F)cc2)cc1. The van der Waals surface area contributed by atoms with Gasteiger partial charge in [-0.05, 0) is 42.7 Å². The topological polar surface area (TPSA) is 72.5 Å². The van der Waals surface area contributed by atoms with Crippen molar-refractivity contribution in [1.29, 1.82) is 0 Å². The molecule has 6 heteroatoms. The number of ketones is 1. The highest BCUT2D eigenvalue weighted by Crippen LogP contribution is 2.09. The summed E-state index contributed by atoms with van der Waals surface area (Å²) in [5, 5.41) is 2.73. The van der Waals surface area contributed by atoms with Crippen molar-refractivity contribution in [2.24, 2.45) is 0 Å². The first kappa shape index (κ1) is 19.3. The van der Waals surface area contributed by atoms with Crippen LogP contribution in [-0.4, -0.2) is 30.8 Å². The second-order valence-corrected chi connectivity index (χ2v) is 5.79. The van der Waals surface area contributed by atoms with Crippen molar-refractivity contribution in [3.63, 3.8) is 0 Å². The molecule has 0 radical (unpaired) electrons. The van der Waals surface area contributed by atoms with Gasteiger partial charge in [-0.25, -0.2) is 9.18 Å². The monoisotopic (exact) mass is 357 g/mol. The van der Waals surface area contributed by atoms with Crippen LogP contribution in [0.15, 0.2) is 48.5 Å². The molecule has 5 nitrogen and oxygen atoms in total. The van der Waals surface area contributed by atoms with Gasteiger partial charge in [-0.3, -0.25) is 9.59 Å². The Labute approximate surface area is 151 Å². The van der Waals surface area contributed by atoms with Crippen LogP contribution in [0.3, 0.4) is 0 Å². The molecule has 2 aromatic rings. The summed E-state index contributed by atoms with van der Waals surface area (Å²) in [4.78, 5) is 34.7. The summed E-state index contributed by atoms with van der Waals surface area (Å²) in [7, 11) is 0. The molecule has 1 N–H and O–H groups in total. The molecule has 1 amide bonds. The molecule has 0 unspecified atom stereocenters. The fraction of sp³-hybridized carbons (Fsp3) is 0.250. The summed E-state index contributed by atoms with van der Waals surface area (Å²) in [5.41, 5.74) is 1.69. The maximum atomic E-state index is 12.8. The molecule has 0 atom stereocenters. The smallest absolute Gasteiger partial charge is 0.338 e. The van der Waals surface area contributed by atoms with Crippen molar-refractivity contribution in [2.45, 2.75) is 19.8 Å². The maximum absolute atomic E-state index is 12.8. The Kier molecular flexibility index (Phi) is 7.02. The fourth-order valence-electron chi connectivity index (χ4n) is 2.30. The Balaban J connectivity index is 1.81. The Bertz CT molecular complexity index is 769. The van der Waals surface area contributed by atoms with Crippen LogP contribution in [0.25, 0.3) is 0 Å². The van der Waals surface area contributed by atoms with E-state index in [0.717, 1.165) is 30.5 Å². The molecule has 0 fully saturated rings. The van der Waals surface area contributed by atoms with Crippen molar-refractivity contribution in [3.8, 4) is 0 Å². The average Bonchev–Trinajstić information content (AvgIpc) is 2.64. The summed E-state index contributed by atoms with van der Waals surface area (Å²) in [5.74, 6) is -1.49. The third-order valence-corrected chi connectivity index (χ3v) is 3.71. The zero-order valence-electron chi connectivity index (χ0n) is 14.5. The lowest BCUT2D eigenvalue weighted by Crippen LogP contribution is -2.21. The van der Waals surface area contributed by atoms with Crippen LogP contribution >= 0.6 is 0 Å². The number of amides is 1. The number of Topliss-reactive ketones (excluding diaryl/α,β-unsaturated/α-hetero) is 1. The zero-order chi connectivity index (χ0) is 18.9. The number of rotatable bonds is 8. The number of aryl methyl sites for hydroxylation is 1. The van der Waals surface area contributed by atoms with E-state index in [0.29, 0.717) is 12.1 Å². The van der Waals surface area contributed by atoms with E-state index in [9.17, 15) is 18.8 Å². The van der Waals surface area contributed by atoms with E-state index < -0.39 is 11.8 Å². The normalized spacial score (nSPS) is 10.2. The number of carbonyl (C=O) groups is 3. The predicted octanol–water partition coefficient (Wildman–Crippen LogP) is 2.93. The second kappa shape index (κ2) is 9.46. The van der Waals surface area contributed by atoms with Gasteiger partial charge in [0.25, 0.3) is 0 Å².